The molecule has 0 unspecified atom stereocenters. The van der Waals surface area contributed by atoms with Gasteiger partial charge < -0.3 is 29.3 Å². The molecule has 2 aliphatic heterocycles. The number of carbonyl (C=O) groups excluding carboxylic acids is 2. The van der Waals surface area contributed by atoms with Crippen LogP contribution in [0.4, 0.5) is 32.3 Å². The number of ether oxygens (including phenoxy) is 3. The number of aromatic nitrogens is 2. The minimum atomic E-state index is -0.509. The third-order valence-electron chi connectivity index (χ3n) is 7.94. The molecule has 3 amide bonds. The summed E-state index contributed by atoms with van der Waals surface area (Å²) < 4.78 is 30.1. The quantitative estimate of drug-likeness (QED) is 0.266. The summed E-state index contributed by atoms with van der Waals surface area (Å²) in [6, 6.07) is 5.11. The second-order valence-electron chi connectivity index (χ2n) is 11.2. The van der Waals surface area contributed by atoms with Crippen LogP contribution in [-0.2, 0) is 11.3 Å². The molecule has 0 aliphatic carbocycles. The van der Waals surface area contributed by atoms with Crippen molar-refractivity contribution in [3.63, 3.8) is 0 Å². The molecule has 12 nitrogen and oxygen atoms in total. The van der Waals surface area contributed by atoms with Crippen LogP contribution >= 0.6 is 23.2 Å². The Morgan fingerprint density at radius 3 is 2.34 bits per heavy atom. The van der Waals surface area contributed by atoms with Crippen molar-refractivity contribution in [2.24, 2.45) is 0 Å². The lowest BCUT2D eigenvalue weighted by molar-refractivity contribution is -0.127. The van der Waals surface area contributed by atoms with Gasteiger partial charge in [0, 0.05) is 61.3 Å². The Balaban J connectivity index is 1.51. The van der Waals surface area contributed by atoms with Crippen LogP contribution in [0.2, 0.25) is 10.0 Å². The van der Waals surface area contributed by atoms with Gasteiger partial charge in [0.2, 0.25) is 11.9 Å². The Labute approximate surface area is 282 Å². The maximum Gasteiger partial charge on any atom is 0.330 e. The fourth-order valence-electron chi connectivity index (χ4n) is 5.53. The lowest BCUT2D eigenvalue weighted by atomic mass is 10.0. The molecule has 0 bridgehead atoms. The summed E-state index contributed by atoms with van der Waals surface area (Å²) in [4.78, 5) is 43.4. The molecule has 15 heteroatoms. The predicted octanol–water partition coefficient (Wildman–Crippen LogP) is 5.75. The molecule has 0 spiro atoms. The molecule has 5 rings (SSSR count). The van der Waals surface area contributed by atoms with Crippen LogP contribution in [0, 0.1) is 5.82 Å². The first-order valence-electron chi connectivity index (χ1n) is 14.8. The van der Waals surface area contributed by atoms with E-state index in [1.807, 2.05) is 25.1 Å². The molecule has 3 heterocycles. The highest BCUT2D eigenvalue weighted by molar-refractivity contribution is 6.42. The van der Waals surface area contributed by atoms with Crippen LogP contribution in [0.25, 0.3) is 0 Å². The van der Waals surface area contributed by atoms with E-state index in [2.05, 4.69) is 10.3 Å². The van der Waals surface area contributed by atoms with Crippen molar-refractivity contribution in [2.75, 3.05) is 70.2 Å². The molecule has 250 valence electrons. The van der Waals surface area contributed by atoms with E-state index in [1.54, 1.807) is 28.1 Å². The van der Waals surface area contributed by atoms with Gasteiger partial charge in [-0.25, -0.2) is 14.2 Å². The van der Waals surface area contributed by atoms with Crippen molar-refractivity contribution in [2.45, 2.75) is 25.4 Å². The summed E-state index contributed by atoms with van der Waals surface area (Å²) in [5.74, 6) is 0.631. The molecule has 0 atom stereocenters. The molecular weight excluding hydrogens is 652 g/mol. The SMILES string of the molecule is COc1cc(Nc2ncc3c(n2)N(C2CCN(C(=O)/C=C/CN(C)C)CC2)C(=O)N(c2c(Cl)c(OC)cc(OC)c2Cl)C3)ccc1F. The number of nitrogens with zero attached hydrogens (tertiary/aromatic N) is 6. The molecule has 0 saturated carbocycles. The maximum atomic E-state index is 14.5. The van der Waals surface area contributed by atoms with Gasteiger partial charge in [0.1, 0.15) is 27.4 Å². The molecule has 1 fully saturated rings. The fraction of sp³-hybridized carbons (Fsp3) is 0.375. The smallest absolute Gasteiger partial charge is 0.330 e. The predicted molar refractivity (Wildman–Crippen MR) is 179 cm³/mol. The number of likely N-dealkylation sites (tertiary alicyclic amines) is 1. The van der Waals surface area contributed by atoms with E-state index in [4.69, 9.17) is 42.4 Å². The zero-order valence-corrected chi connectivity index (χ0v) is 28.2. The van der Waals surface area contributed by atoms with Gasteiger partial charge in [-0.1, -0.05) is 29.3 Å². The largest absolute Gasteiger partial charge is 0.495 e. The van der Waals surface area contributed by atoms with Crippen molar-refractivity contribution in [1.29, 1.82) is 0 Å². The van der Waals surface area contributed by atoms with Gasteiger partial charge in [-0.3, -0.25) is 14.6 Å². The number of rotatable bonds is 10. The number of anilines is 4. The summed E-state index contributed by atoms with van der Waals surface area (Å²) in [7, 11) is 8.16. The number of methoxy groups -OCH3 is 3. The lowest BCUT2D eigenvalue weighted by Crippen LogP contribution is -2.55. The number of piperidine rings is 1. The minimum Gasteiger partial charge on any atom is -0.495 e. The lowest BCUT2D eigenvalue weighted by Gasteiger charge is -2.43. The number of carbonyl (C=O) groups is 2. The fourth-order valence-corrected chi connectivity index (χ4v) is 6.24. The number of benzene rings is 2. The molecular formula is C32H36Cl2FN7O5. The molecule has 2 aromatic carbocycles. The Hall–Kier alpha value is -4.33. The number of hydrogen-bond acceptors (Lipinski definition) is 9. The van der Waals surface area contributed by atoms with E-state index in [9.17, 15) is 14.0 Å². The zero-order valence-electron chi connectivity index (χ0n) is 26.7. The van der Waals surface area contributed by atoms with Gasteiger partial charge in [-0.2, -0.15) is 4.98 Å². The zero-order chi connectivity index (χ0) is 33.8. The second-order valence-corrected chi connectivity index (χ2v) is 12.0. The first kappa shape index (κ1) is 34.0. The van der Waals surface area contributed by atoms with Gasteiger partial charge >= 0.3 is 6.03 Å². The summed E-state index contributed by atoms with van der Waals surface area (Å²) in [6.45, 7) is 1.58. The monoisotopic (exact) mass is 687 g/mol. The van der Waals surface area contributed by atoms with Crippen molar-refractivity contribution in [3.8, 4) is 17.2 Å². The maximum absolute atomic E-state index is 14.5. The van der Waals surface area contributed by atoms with E-state index in [0.29, 0.717) is 49.5 Å². The van der Waals surface area contributed by atoms with Gasteiger partial charge in [0.05, 0.1) is 33.6 Å². The topological polar surface area (TPSA) is 113 Å². The van der Waals surface area contributed by atoms with E-state index >= 15 is 0 Å². The molecule has 0 radical (unpaired) electrons. The van der Waals surface area contributed by atoms with Crippen LogP contribution < -0.4 is 29.3 Å². The number of hydrogen-bond donors (Lipinski definition) is 1. The van der Waals surface area contributed by atoms with Crippen molar-refractivity contribution in [3.05, 3.63) is 64.0 Å². The number of amides is 3. The van der Waals surface area contributed by atoms with Crippen LogP contribution in [0.15, 0.2) is 42.6 Å². The van der Waals surface area contributed by atoms with E-state index in [0.717, 1.165) is 0 Å². The second kappa shape index (κ2) is 14.6. The highest BCUT2D eigenvalue weighted by Gasteiger charge is 2.41. The average molecular weight is 689 g/mol. The van der Waals surface area contributed by atoms with Gasteiger partial charge in [0.15, 0.2) is 11.6 Å². The van der Waals surface area contributed by atoms with E-state index in [-0.39, 0.29) is 57.4 Å². The van der Waals surface area contributed by atoms with Gasteiger partial charge in [-0.15, -0.1) is 0 Å². The van der Waals surface area contributed by atoms with Crippen LogP contribution in [0.3, 0.4) is 0 Å². The third kappa shape index (κ3) is 7.16. The molecule has 1 saturated heterocycles. The van der Waals surface area contributed by atoms with Crippen LogP contribution in [0.1, 0.15) is 18.4 Å². The van der Waals surface area contributed by atoms with Crippen LogP contribution in [-0.4, -0.2) is 92.8 Å². The normalized spacial score (nSPS) is 15.3. The van der Waals surface area contributed by atoms with Crippen molar-refractivity contribution >= 4 is 58.3 Å². The van der Waals surface area contributed by atoms with Gasteiger partial charge in [-0.05, 0) is 39.1 Å². The first-order chi connectivity index (χ1) is 22.6. The number of halogens is 3. The third-order valence-corrected chi connectivity index (χ3v) is 8.67. The molecule has 1 aromatic heterocycles. The van der Waals surface area contributed by atoms with Crippen molar-refractivity contribution in [1.82, 2.24) is 19.8 Å². The average Bonchev–Trinajstić information content (AvgIpc) is 3.06. The highest BCUT2D eigenvalue weighted by atomic mass is 35.5. The number of nitrogens with one attached hydrogen (secondary N) is 1. The summed E-state index contributed by atoms with van der Waals surface area (Å²) in [6.07, 6.45) is 6.02. The summed E-state index contributed by atoms with van der Waals surface area (Å²) in [5, 5.41) is 3.36. The van der Waals surface area contributed by atoms with Crippen molar-refractivity contribution < 1.29 is 28.2 Å². The number of fused-ring (bicyclic) bond motifs is 1. The Kier molecular flexibility index (Phi) is 10.6. The summed E-state index contributed by atoms with van der Waals surface area (Å²) in [5.41, 5.74) is 1.35. The molecule has 47 heavy (non-hydrogen) atoms. The Morgan fingerprint density at radius 1 is 1.06 bits per heavy atom. The molecule has 1 N–H and O–H groups in total. The standard InChI is InChI=1S/C32H36Cl2FN7O5/c1-39(2)12-6-7-26(43)40-13-10-21(11-14-40)42-30-19(17-36-31(38-30)37-20-8-9-22(35)23(15-20)45-3)18-41(32(42)44)29-27(33)24(46-4)16-25(47-5)28(29)34/h6-9,15-17,21H,10-14,18H2,1-5H3,(H,36,37,38)/b7-6+. The van der Waals surface area contributed by atoms with Crippen LogP contribution in [0.5, 0.6) is 17.2 Å². The highest BCUT2D eigenvalue weighted by Crippen LogP contribution is 2.48. The number of likely N-dealkylation sites (N-methyl/N-ethyl adjacent to an activating group) is 1. The van der Waals surface area contributed by atoms with E-state index < -0.39 is 11.8 Å². The first-order valence-corrected chi connectivity index (χ1v) is 15.6. The molecule has 2 aliphatic rings. The van der Waals surface area contributed by atoms with Gasteiger partial charge in [0.25, 0.3) is 0 Å². The van der Waals surface area contributed by atoms with E-state index in [1.165, 1.54) is 44.4 Å². The Bertz CT molecular complexity index is 1660. The molecule has 3 aromatic rings. The summed E-state index contributed by atoms with van der Waals surface area (Å²) >= 11 is 13.5. The minimum absolute atomic E-state index is 0.0546. The number of urea groups is 1. The Morgan fingerprint density at radius 2 is 1.72 bits per heavy atom.